The lowest BCUT2D eigenvalue weighted by Crippen LogP contribution is -2.24. The summed E-state index contributed by atoms with van der Waals surface area (Å²) in [6.45, 7) is 0.501. The summed E-state index contributed by atoms with van der Waals surface area (Å²) in [5.74, 6) is 0.549. The molecule has 3 aromatic carbocycles. The summed E-state index contributed by atoms with van der Waals surface area (Å²) >= 11 is 0. The molecule has 6 heteroatoms. The van der Waals surface area contributed by atoms with E-state index in [0.29, 0.717) is 29.7 Å². The lowest BCUT2D eigenvalue weighted by molar-refractivity contribution is -0.384. The molecule has 0 amide bonds. The number of hydrogen-bond donors (Lipinski definition) is 0. The van der Waals surface area contributed by atoms with Crippen LogP contribution in [0.5, 0.6) is 0 Å². The number of rotatable bonds is 6. The van der Waals surface area contributed by atoms with Crippen LogP contribution in [-0.4, -0.2) is 14.5 Å². The summed E-state index contributed by atoms with van der Waals surface area (Å²) in [6, 6.07) is 23.5. The number of nitrogens with zero attached hydrogens (tertiary/aromatic N) is 3. The van der Waals surface area contributed by atoms with Crippen LogP contribution in [-0.2, 0) is 13.0 Å². The van der Waals surface area contributed by atoms with Crippen LogP contribution in [0.4, 0.5) is 5.69 Å². The Balaban J connectivity index is 1.71. The number of hydrogen-bond acceptors (Lipinski definition) is 4. The molecule has 148 valence electrons. The Kier molecular flexibility index (Phi) is 5.48. The van der Waals surface area contributed by atoms with Gasteiger partial charge in [-0.2, -0.15) is 0 Å². The number of aromatic nitrogens is 2. The second kappa shape index (κ2) is 8.53. The largest absolute Gasteiger partial charge is 0.292 e. The predicted molar refractivity (Wildman–Crippen MR) is 118 cm³/mol. The molecule has 30 heavy (non-hydrogen) atoms. The van der Waals surface area contributed by atoms with E-state index in [4.69, 9.17) is 0 Å². The maximum atomic E-state index is 13.1. The summed E-state index contributed by atoms with van der Waals surface area (Å²) < 4.78 is 1.68. The van der Waals surface area contributed by atoms with E-state index >= 15 is 0 Å². The highest BCUT2D eigenvalue weighted by Crippen LogP contribution is 2.15. The topological polar surface area (TPSA) is 78.0 Å². The Bertz CT molecular complexity index is 1280. The van der Waals surface area contributed by atoms with Crippen molar-refractivity contribution in [2.45, 2.75) is 13.0 Å². The number of para-hydroxylation sites is 1. The quantitative estimate of drug-likeness (QED) is 0.348. The first-order chi connectivity index (χ1) is 14.6. The van der Waals surface area contributed by atoms with Crippen molar-refractivity contribution in [3.05, 3.63) is 116 Å². The second-order valence-corrected chi connectivity index (χ2v) is 6.86. The fraction of sp³-hybridized carbons (Fsp3) is 0.0833. The van der Waals surface area contributed by atoms with Gasteiger partial charge >= 0.3 is 0 Å². The minimum atomic E-state index is -0.431. The van der Waals surface area contributed by atoms with E-state index < -0.39 is 4.92 Å². The summed E-state index contributed by atoms with van der Waals surface area (Å²) in [6.07, 6.45) is 4.29. The van der Waals surface area contributed by atoms with Crippen LogP contribution in [0.2, 0.25) is 0 Å². The smallest absolute Gasteiger partial charge is 0.269 e. The first-order valence-electron chi connectivity index (χ1n) is 9.58. The highest BCUT2D eigenvalue weighted by molar-refractivity contribution is 5.79. The molecule has 0 aliphatic heterocycles. The van der Waals surface area contributed by atoms with Crippen LogP contribution < -0.4 is 5.56 Å². The van der Waals surface area contributed by atoms with Crippen molar-refractivity contribution >= 4 is 28.7 Å². The standard InChI is InChI=1S/C24H19N3O3/c28-24-21-8-4-5-9-22(21)25-23(26(24)17-16-18-6-2-1-3-7-18)15-12-19-10-13-20(14-11-19)27(29)30/h1-15H,16-17H2. The van der Waals surface area contributed by atoms with Gasteiger partial charge in [0, 0.05) is 18.7 Å². The highest BCUT2D eigenvalue weighted by atomic mass is 16.6. The molecule has 0 spiro atoms. The number of benzene rings is 3. The fourth-order valence-electron chi connectivity index (χ4n) is 3.29. The molecule has 0 saturated carbocycles. The van der Waals surface area contributed by atoms with Crippen LogP contribution in [0.25, 0.3) is 23.1 Å². The van der Waals surface area contributed by atoms with Crippen LogP contribution in [0.3, 0.4) is 0 Å². The average molecular weight is 397 g/mol. The van der Waals surface area contributed by atoms with Crippen LogP contribution >= 0.6 is 0 Å². The van der Waals surface area contributed by atoms with Gasteiger partial charge in [0.05, 0.1) is 15.8 Å². The van der Waals surface area contributed by atoms with E-state index in [2.05, 4.69) is 4.98 Å². The van der Waals surface area contributed by atoms with Crippen molar-refractivity contribution in [1.29, 1.82) is 0 Å². The number of aryl methyl sites for hydroxylation is 1. The molecule has 0 atom stereocenters. The highest BCUT2D eigenvalue weighted by Gasteiger charge is 2.09. The number of fused-ring (bicyclic) bond motifs is 1. The third kappa shape index (κ3) is 4.17. The van der Waals surface area contributed by atoms with E-state index in [1.165, 1.54) is 12.1 Å². The van der Waals surface area contributed by atoms with Gasteiger partial charge in [-0.15, -0.1) is 0 Å². The molecule has 6 nitrogen and oxygen atoms in total. The van der Waals surface area contributed by atoms with Gasteiger partial charge in [0.15, 0.2) is 0 Å². The molecule has 0 aliphatic rings. The van der Waals surface area contributed by atoms with Gasteiger partial charge in [0.2, 0.25) is 0 Å². The number of nitro groups is 1. The zero-order chi connectivity index (χ0) is 20.9. The average Bonchev–Trinajstić information content (AvgIpc) is 2.78. The van der Waals surface area contributed by atoms with Gasteiger partial charge in [-0.1, -0.05) is 48.5 Å². The molecule has 1 aromatic heterocycles. The van der Waals surface area contributed by atoms with Gasteiger partial charge in [0.25, 0.3) is 11.2 Å². The van der Waals surface area contributed by atoms with Crippen molar-refractivity contribution in [2.75, 3.05) is 0 Å². The summed E-state index contributed by atoms with van der Waals surface area (Å²) in [4.78, 5) is 28.2. The lowest BCUT2D eigenvalue weighted by Gasteiger charge is -2.11. The summed E-state index contributed by atoms with van der Waals surface area (Å²) in [5, 5.41) is 11.4. The zero-order valence-corrected chi connectivity index (χ0v) is 16.1. The Hall–Kier alpha value is -4.06. The SMILES string of the molecule is O=c1c2ccccc2nc(C=Cc2ccc([N+](=O)[O-])cc2)n1CCc1ccccc1. The van der Waals surface area contributed by atoms with Gasteiger partial charge in [-0.25, -0.2) is 4.98 Å². The van der Waals surface area contributed by atoms with Gasteiger partial charge in [-0.3, -0.25) is 19.5 Å². The Morgan fingerprint density at radius 1 is 0.900 bits per heavy atom. The van der Waals surface area contributed by atoms with Gasteiger partial charge < -0.3 is 0 Å². The minimum Gasteiger partial charge on any atom is -0.292 e. The van der Waals surface area contributed by atoms with E-state index in [0.717, 1.165) is 11.1 Å². The fourth-order valence-corrected chi connectivity index (χ4v) is 3.29. The third-order valence-corrected chi connectivity index (χ3v) is 4.89. The van der Waals surface area contributed by atoms with E-state index in [1.54, 1.807) is 34.9 Å². The first-order valence-corrected chi connectivity index (χ1v) is 9.58. The van der Waals surface area contributed by atoms with E-state index in [9.17, 15) is 14.9 Å². The molecule has 4 aromatic rings. The second-order valence-electron chi connectivity index (χ2n) is 6.86. The number of nitro benzene ring substituents is 1. The molecule has 0 N–H and O–H groups in total. The van der Waals surface area contributed by atoms with Crippen molar-refractivity contribution in [3.63, 3.8) is 0 Å². The molecule has 0 bridgehead atoms. The minimum absolute atomic E-state index is 0.0377. The monoisotopic (exact) mass is 397 g/mol. The molecular formula is C24H19N3O3. The number of non-ortho nitro benzene ring substituents is 1. The molecule has 1 heterocycles. The summed E-state index contributed by atoms with van der Waals surface area (Å²) in [7, 11) is 0. The Morgan fingerprint density at radius 3 is 2.33 bits per heavy atom. The molecule has 0 radical (unpaired) electrons. The molecule has 0 aliphatic carbocycles. The maximum absolute atomic E-state index is 13.1. The van der Waals surface area contributed by atoms with Crippen molar-refractivity contribution < 1.29 is 4.92 Å². The van der Waals surface area contributed by atoms with Crippen LogP contribution in [0.15, 0.2) is 83.7 Å². The normalized spacial score (nSPS) is 11.2. The third-order valence-electron chi connectivity index (χ3n) is 4.89. The molecule has 4 rings (SSSR count). The van der Waals surface area contributed by atoms with Crippen LogP contribution in [0.1, 0.15) is 17.0 Å². The van der Waals surface area contributed by atoms with E-state index in [-0.39, 0.29) is 11.2 Å². The van der Waals surface area contributed by atoms with Crippen molar-refractivity contribution in [2.24, 2.45) is 0 Å². The van der Waals surface area contributed by atoms with Gasteiger partial charge in [0.1, 0.15) is 5.82 Å². The Morgan fingerprint density at radius 2 is 1.60 bits per heavy atom. The first kappa shape index (κ1) is 19.3. The van der Waals surface area contributed by atoms with Gasteiger partial charge in [-0.05, 0) is 47.9 Å². The zero-order valence-electron chi connectivity index (χ0n) is 16.1. The maximum Gasteiger partial charge on any atom is 0.269 e. The predicted octanol–water partition coefficient (Wildman–Crippen LogP) is 4.72. The molecular weight excluding hydrogens is 378 g/mol. The van der Waals surface area contributed by atoms with Crippen molar-refractivity contribution in [3.8, 4) is 0 Å². The Labute approximate surface area is 172 Å². The lowest BCUT2D eigenvalue weighted by atomic mass is 10.1. The van der Waals surface area contributed by atoms with Crippen molar-refractivity contribution in [1.82, 2.24) is 9.55 Å². The van der Waals surface area contributed by atoms with E-state index in [1.807, 2.05) is 48.5 Å². The summed E-state index contributed by atoms with van der Waals surface area (Å²) in [5.41, 5.74) is 2.53. The molecule has 0 unspecified atom stereocenters. The molecule has 0 fully saturated rings. The molecule has 0 saturated heterocycles. The van der Waals surface area contributed by atoms with Crippen LogP contribution in [0, 0.1) is 10.1 Å².